The number of carbonyl (C=O) groups is 4. The first kappa shape index (κ1) is 21.2. The molecule has 1 N–H and O–H groups in total. The number of hydrogen-bond donors (Lipinski definition) is 1. The van der Waals surface area contributed by atoms with Gasteiger partial charge in [-0.2, -0.15) is 0 Å². The zero-order chi connectivity index (χ0) is 22.0. The molecule has 0 aliphatic carbocycles. The zero-order valence-electron chi connectivity index (χ0n) is 17.4. The second-order valence-corrected chi connectivity index (χ2v) is 7.44. The Labute approximate surface area is 175 Å². The van der Waals surface area contributed by atoms with Gasteiger partial charge in [-0.3, -0.25) is 19.3 Å². The van der Waals surface area contributed by atoms with Gasteiger partial charge in [-0.1, -0.05) is 30.3 Å². The van der Waals surface area contributed by atoms with Crippen molar-refractivity contribution in [2.45, 2.75) is 39.8 Å². The average Bonchev–Trinajstić information content (AvgIpc) is 2.98. The van der Waals surface area contributed by atoms with E-state index in [1.54, 1.807) is 12.1 Å². The SMILES string of the molecule is Cc1ccc([C@H](C)NC(=O)COC(=O)[C@H](C)N2C(=O)c3ccccc3C2=O)cc1C. The van der Waals surface area contributed by atoms with Gasteiger partial charge < -0.3 is 10.1 Å². The second-order valence-electron chi connectivity index (χ2n) is 7.44. The van der Waals surface area contributed by atoms with Crippen molar-refractivity contribution < 1.29 is 23.9 Å². The summed E-state index contributed by atoms with van der Waals surface area (Å²) in [5.74, 6) is -2.39. The summed E-state index contributed by atoms with van der Waals surface area (Å²) in [4.78, 5) is 50.4. The molecule has 0 saturated heterocycles. The molecule has 0 fully saturated rings. The lowest BCUT2D eigenvalue weighted by Gasteiger charge is -2.21. The summed E-state index contributed by atoms with van der Waals surface area (Å²) in [6.45, 7) is 6.75. The first-order valence-electron chi connectivity index (χ1n) is 9.70. The van der Waals surface area contributed by atoms with Crippen LogP contribution < -0.4 is 5.32 Å². The number of benzene rings is 2. The van der Waals surface area contributed by atoms with Crippen LogP contribution >= 0.6 is 0 Å². The molecule has 7 nitrogen and oxygen atoms in total. The highest BCUT2D eigenvalue weighted by Crippen LogP contribution is 2.24. The quantitative estimate of drug-likeness (QED) is 0.586. The summed E-state index contributed by atoms with van der Waals surface area (Å²) in [6.07, 6.45) is 0. The van der Waals surface area contributed by atoms with Crippen LogP contribution in [0.2, 0.25) is 0 Å². The van der Waals surface area contributed by atoms with E-state index in [9.17, 15) is 19.2 Å². The Balaban J connectivity index is 1.56. The van der Waals surface area contributed by atoms with Crippen LogP contribution in [0.3, 0.4) is 0 Å². The van der Waals surface area contributed by atoms with Crippen LogP contribution in [0.4, 0.5) is 0 Å². The van der Waals surface area contributed by atoms with E-state index in [4.69, 9.17) is 4.74 Å². The fourth-order valence-corrected chi connectivity index (χ4v) is 3.32. The Bertz CT molecular complexity index is 995. The molecule has 3 rings (SSSR count). The van der Waals surface area contributed by atoms with Gasteiger partial charge in [0.2, 0.25) is 0 Å². The minimum Gasteiger partial charge on any atom is -0.454 e. The second kappa shape index (κ2) is 8.49. The Kier molecular flexibility index (Phi) is 6.01. The Morgan fingerprint density at radius 1 is 0.967 bits per heavy atom. The minimum atomic E-state index is -1.14. The number of esters is 1. The lowest BCUT2D eigenvalue weighted by atomic mass is 10.0. The third kappa shape index (κ3) is 4.10. The molecule has 2 aromatic rings. The summed E-state index contributed by atoms with van der Waals surface area (Å²) >= 11 is 0. The van der Waals surface area contributed by atoms with E-state index in [2.05, 4.69) is 5.32 Å². The molecule has 156 valence electrons. The normalized spacial score (nSPS) is 14.9. The largest absolute Gasteiger partial charge is 0.454 e. The zero-order valence-corrected chi connectivity index (χ0v) is 17.4. The number of ether oxygens (including phenoxy) is 1. The Morgan fingerprint density at radius 3 is 2.13 bits per heavy atom. The number of carbonyl (C=O) groups excluding carboxylic acids is 4. The van der Waals surface area contributed by atoms with Crippen LogP contribution in [0.25, 0.3) is 0 Å². The van der Waals surface area contributed by atoms with Crippen LogP contribution in [-0.4, -0.2) is 41.2 Å². The van der Waals surface area contributed by atoms with Crippen molar-refractivity contribution in [3.63, 3.8) is 0 Å². The molecule has 0 radical (unpaired) electrons. The number of amides is 3. The summed E-state index contributed by atoms with van der Waals surface area (Å²) < 4.78 is 5.06. The van der Waals surface area contributed by atoms with Gasteiger partial charge in [0.05, 0.1) is 17.2 Å². The fraction of sp³-hybridized carbons (Fsp3) is 0.304. The van der Waals surface area contributed by atoms with E-state index in [0.29, 0.717) is 0 Å². The van der Waals surface area contributed by atoms with E-state index < -0.39 is 36.3 Å². The number of aryl methyl sites for hydroxylation is 2. The number of fused-ring (bicyclic) bond motifs is 1. The topological polar surface area (TPSA) is 92.8 Å². The van der Waals surface area contributed by atoms with Crippen LogP contribution in [0, 0.1) is 13.8 Å². The summed E-state index contributed by atoms with van der Waals surface area (Å²) in [6, 6.07) is 10.9. The molecule has 3 amide bonds. The van der Waals surface area contributed by atoms with Crippen molar-refractivity contribution in [1.29, 1.82) is 0 Å². The average molecular weight is 408 g/mol. The molecule has 2 aromatic carbocycles. The minimum absolute atomic E-state index is 0.252. The maximum atomic E-state index is 12.5. The highest BCUT2D eigenvalue weighted by molar-refractivity contribution is 6.22. The van der Waals surface area contributed by atoms with E-state index in [0.717, 1.165) is 21.6 Å². The first-order valence-corrected chi connectivity index (χ1v) is 9.70. The molecule has 1 heterocycles. The standard InChI is InChI=1S/C23H24N2O5/c1-13-9-10-17(11-14(13)2)15(3)24-20(26)12-30-23(29)16(4)25-21(27)18-7-5-6-8-19(18)22(25)28/h5-11,15-16H,12H2,1-4H3,(H,24,26)/t15-,16-/m0/s1. The molecule has 30 heavy (non-hydrogen) atoms. The summed E-state index contributed by atoms with van der Waals surface area (Å²) in [5, 5.41) is 2.77. The van der Waals surface area contributed by atoms with Crippen LogP contribution in [0.15, 0.2) is 42.5 Å². The number of nitrogens with zero attached hydrogens (tertiary/aromatic N) is 1. The summed E-state index contributed by atoms with van der Waals surface area (Å²) in [7, 11) is 0. The third-order valence-electron chi connectivity index (χ3n) is 5.31. The lowest BCUT2D eigenvalue weighted by molar-refractivity contribution is -0.152. The fourth-order valence-electron chi connectivity index (χ4n) is 3.32. The van der Waals surface area contributed by atoms with Crippen LogP contribution in [0.5, 0.6) is 0 Å². The van der Waals surface area contributed by atoms with Crippen molar-refractivity contribution in [2.24, 2.45) is 0 Å². The van der Waals surface area contributed by atoms with Gasteiger partial charge in [0.15, 0.2) is 6.61 Å². The molecular formula is C23H24N2O5. The van der Waals surface area contributed by atoms with Gasteiger partial charge in [-0.25, -0.2) is 4.79 Å². The van der Waals surface area contributed by atoms with Crippen molar-refractivity contribution in [2.75, 3.05) is 6.61 Å². The number of rotatable bonds is 6. The van der Waals surface area contributed by atoms with Crippen LogP contribution in [0.1, 0.15) is 57.3 Å². The Hall–Kier alpha value is -3.48. The molecule has 1 aliphatic heterocycles. The van der Waals surface area contributed by atoms with E-state index in [1.807, 2.05) is 39.0 Å². The van der Waals surface area contributed by atoms with Gasteiger partial charge >= 0.3 is 5.97 Å². The number of nitrogens with one attached hydrogen (secondary N) is 1. The molecular weight excluding hydrogens is 384 g/mol. The number of imide groups is 1. The van der Waals surface area contributed by atoms with Gasteiger partial charge in [0.25, 0.3) is 17.7 Å². The molecule has 1 aliphatic rings. The van der Waals surface area contributed by atoms with Gasteiger partial charge in [-0.05, 0) is 56.5 Å². The van der Waals surface area contributed by atoms with Crippen molar-refractivity contribution in [3.05, 3.63) is 70.3 Å². The summed E-state index contributed by atoms with van der Waals surface area (Å²) in [5.41, 5.74) is 3.73. The van der Waals surface area contributed by atoms with Crippen molar-refractivity contribution in [1.82, 2.24) is 10.2 Å². The van der Waals surface area contributed by atoms with E-state index in [-0.39, 0.29) is 17.2 Å². The van der Waals surface area contributed by atoms with E-state index >= 15 is 0 Å². The number of hydrogen-bond acceptors (Lipinski definition) is 5. The third-order valence-corrected chi connectivity index (χ3v) is 5.31. The predicted molar refractivity (Wildman–Crippen MR) is 110 cm³/mol. The molecule has 0 bridgehead atoms. The van der Waals surface area contributed by atoms with Gasteiger partial charge in [0, 0.05) is 0 Å². The van der Waals surface area contributed by atoms with E-state index in [1.165, 1.54) is 19.1 Å². The molecule has 0 unspecified atom stereocenters. The monoisotopic (exact) mass is 408 g/mol. The molecule has 0 aromatic heterocycles. The van der Waals surface area contributed by atoms with Gasteiger partial charge in [0.1, 0.15) is 6.04 Å². The smallest absolute Gasteiger partial charge is 0.329 e. The van der Waals surface area contributed by atoms with Gasteiger partial charge in [-0.15, -0.1) is 0 Å². The van der Waals surface area contributed by atoms with Crippen molar-refractivity contribution in [3.8, 4) is 0 Å². The van der Waals surface area contributed by atoms with Crippen LogP contribution in [-0.2, 0) is 14.3 Å². The molecule has 7 heteroatoms. The molecule has 0 saturated carbocycles. The predicted octanol–water partition coefficient (Wildman–Crippen LogP) is 2.71. The highest BCUT2D eigenvalue weighted by Gasteiger charge is 2.41. The molecule has 0 spiro atoms. The lowest BCUT2D eigenvalue weighted by Crippen LogP contribution is -2.44. The first-order chi connectivity index (χ1) is 14.2. The Morgan fingerprint density at radius 2 is 1.57 bits per heavy atom. The maximum absolute atomic E-state index is 12.5. The van der Waals surface area contributed by atoms with Crippen molar-refractivity contribution >= 4 is 23.7 Å². The molecule has 2 atom stereocenters. The maximum Gasteiger partial charge on any atom is 0.329 e. The highest BCUT2D eigenvalue weighted by atomic mass is 16.5.